The summed E-state index contributed by atoms with van der Waals surface area (Å²) in [5.41, 5.74) is -0.313. The Morgan fingerprint density at radius 1 is 1.18 bits per heavy atom. The molecule has 0 radical (unpaired) electrons. The lowest BCUT2D eigenvalue weighted by Crippen LogP contribution is -2.44. The van der Waals surface area contributed by atoms with Gasteiger partial charge in [-0.2, -0.15) is 13.2 Å². The van der Waals surface area contributed by atoms with Gasteiger partial charge in [0.05, 0.1) is 5.56 Å². The van der Waals surface area contributed by atoms with E-state index in [1.54, 1.807) is 0 Å². The third-order valence-electron chi connectivity index (χ3n) is 5.31. The van der Waals surface area contributed by atoms with E-state index in [4.69, 9.17) is 4.74 Å². The van der Waals surface area contributed by atoms with E-state index >= 15 is 0 Å². The van der Waals surface area contributed by atoms with Crippen molar-refractivity contribution >= 4 is 5.91 Å². The molecule has 2 aliphatic rings. The standard InChI is InChI=1S/C19H23F5N2O2/c20-18(21)5-9-26(10-6-18)17(27)12-28-16-2-1-14(19(22,23)24)11-15(16)13-3-7-25-8-4-13/h1-2,11,13,25H,3-10,12H2. The van der Waals surface area contributed by atoms with Crippen molar-refractivity contribution in [3.63, 3.8) is 0 Å². The Morgan fingerprint density at radius 3 is 2.43 bits per heavy atom. The number of nitrogens with one attached hydrogen (secondary N) is 1. The molecular formula is C19H23F5N2O2. The number of carbonyl (C=O) groups excluding carboxylic acids is 1. The van der Waals surface area contributed by atoms with Crippen LogP contribution in [-0.2, 0) is 11.0 Å². The van der Waals surface area contributed by atoms with E-state index in [-0.39, 0.29) is 44.2 Å². The average Bonchev–Trinajstić information content (AvgIpc) is 2.66. The van der Waals surface area contributed by atoms with E-state index in [2.05, 4.69) is 5.32 Å². The van der Waals surface area contributed by atoms with Crippen molar-refractivity contribution in [2.24, 2.45) is 0 Å². The van der Waals surface area contributed by atoms with E-state index in [0.717, 1.165) is 12.1 Å². The van der Waals surface area contributed by atoms with Crippen LogP contribution in [0, 0.1) is 0 Å². The number of piperidine rings is 2. The van der Waals surface area contributed by atoms with Gasteiger partial charge >= 0.3 is 6.18 Å². The lowest BCUT2D eigenvalue weighted by atomic mass is 9.88. The molecule has 0 atom stereocenters. The van der Waals surface area contributed by atoms with Gasteiger partial charge in [-0.25, -0.2) is 8.78 Å². The molecule has 1 aromatic rings. The Morgan fingerprint density at radius 2 is 1.82 bits per heavy atom. The van der Waals surface area contributed by atoms with E-state index in [1.165, 1.54) is 11.0 Å². The lowest BCUT2D eigenvalue weighted by molar-refractivity contribution is -0.140. The summed E-state index contributed by atoms with van der Waals surface area (Å²) in [7, 11) is 0. The van der Waals surface area contributed by atoms with Crippen LogP contribution in [0.25, 0.3) is 0 Å². The molecule has 156 valence electrons. The fraction of sp³-hybridized carbons (Fsp3) is 0.632. The number of hydrogen-bond acceptors (Lipinski definition) is 3. The van der Waals surface area contributed by atoms with Crippen molar-refractivity contribution in [2.75, 3.05) is 32.8 Å². The van der Waals surface area contributed by atoms with Crippen molar-refractivity contribution in [2.45, 2.75) is 43.7 Å². The summed E-state index contributed by atoms with van der Waals surface area (Å²) < 4.78 is 71.3. The molecule has 1 amide bonds. The quantitative estimate of drug-likeness (QED) is 0.774. The number of ether oxygens (including phenoxy) is 1. The molecule has 0 unspecified atom stereocenters. The minimum absolute atomic E-state index is 0.0522. The lowest BCUT2D eigenvalue weighted by Gasteiger charge is -2.32. The zero-order valence-corrected chi connectivity index (χ0v) is 15.3. The zero-order valence-electron chi connectivity index (χ0n) is 15.3. The maximum Gasteiger partial charge on any atom is 0.416 e. The summed E-state index contributed by atoms with van der Waals surface area (Å²) in [6, 6.07) is 3.28. The van der Waals surface area contributed by atoms with Crippen molar-refractivity contribution in [1.82, 2.24) is 10.2 Å². The smallest absolute Gasteiger partial charge is 0.416 e. The Kier molecular flexibility index (Phi) is 6.12. The van der Waals surface area contributed by atoms with Gasteiger partial charge in [0.2, 0.25) is 0 Å². The number of rotatable bonds is 4. The molecule has 1 aromatic carbocycles. The van der Waals surface area contributed by atoms with Gasteiger partial charge in [-0.1, -0.05) is 0 Å². The predicted octanol–water partition coefficient (Wildman–Crippen LogP) is 3.81. The Labute approximate surface area is 160 Å². The van der Waals surface area contributed by atoms with E-state index < -0.39 is 23.6 Å². The van der Waals surface area contributed by atoms with Gasteiger partial charge in [0.1, 0.15) is 5.75 Å². The van der Waals surface area contributed by atoms with Crippen LogP contribution in [0.15, 0.2) is 18.2 Å². The first-order valence-electron chi connectivity index (χ1n) is 9.36. The molecule has 0 aliphatic carbocycles. The van der Waals surface area contributed by atoms with Crippen molar-refractivity contribution in [3.8, 4) is 5.75 Å². The van der Waals surface area contributed by atoms with Crippen LogP contribution in [0.5, 0.6) is 5.75 Å². The van der Waals surface area contributed by atoms with Crippen molar-refractivity contribution in [1.29, 1.82) is 0 Å². The molecule has 2 fully saturated rings. The molecule has 2 aliphatic heterocycles. The first kappa shape index (κ1) is 20.8. The summed E-state index contributed by atoms with van der Waals surface area (Å²) >= 11 is 0. The zero-order chi connectivity index (χ0) is 20.4. The van der Waals surface area contributed by atoms with Crippen LogP contribution in [0.2, 0.25) is 0 Å². The van der Waals surface area contributed by atoms with Crippen LogP contribution < -0.4 is 10.1 Å². The van der Waals surface area contributed by atoms with Gasteiger partial charge in [-0.05, 0) is 55.6 Å². The summed E-state index contributed by atoms with van der Waals surface area (Å²) in [6.07, 6.45) is -3.90. The van der Waals surface area contributed by atoms with Gasteiger partial charge < -0.3 is 15.0 Å². The largest absolute Gasteiger partial charge is 0.483 e. The second-order valence-corrected chi connectivity index (χ2v) is 7.30. The Bertz CT molecular complexity index is 692. The first-order chi connectivity index (χ1) is 13.2. The van der Waals surface area contributed by atoms with Crippen molar-refractivity contribution in [3.05, 3.63) is 29.3 Å². The third kappa shape index (κ3) is 5.12. The molecule has 9 heteroatoms. The van der Waals surface area contributed by atoms with Gasteiger partial charge in [-0.3, -0.25) is 4.79 Å². The molecule has 0 spiro atoms. The number of benzene rings is 1. The second kappa shape index (κ2) is 8.23. The predicted molar refractivity (Wildman–Crippen MR) is 92.5 cm³/mol. The highest BCUT2D eigenvalue weighted by molar-refractivity contribution is 5.78. The fourth-order valence-corrected chi connectivity index (χ4v) is 3.62. The maximum absolute atomic E-state index is 13.2. The molecule has 28 heavy (non-hydrogen) atoms. The molecule has 2 saturated heterocycles. The number of hydrogen-bond donors (Lipinski definition) is 1. The number of amides is 1. The van der Waals surface area contributed by atoms with Gasteiger partial charge in [0, 0.05) is 25.9 Å². The molecule has 4 nitrogen and oxygen atoms in total. The summed E-state index contributed by atoms with van der Waals surface area (Å²) in [5.74, 6) is -3.04. The number of nitrogens with zero attached hydrogens (tertiary/aromatic N) is 1. The molecular weight excluding hydrogens is 383 g/mol. The fourth-order valence-electron chi connectivity index (χ4n) is 3.62. The topological polar surface area (TPSA) is 41.6 Å². The highest BCUT2D eigenvalue weighted by atomic mass is 19.4. The minimum atomic E-state index is -4.46. The number of carbonyl (C=O) groups is 1. The van der Waals surface area contributed by atoms with Crippen LogP contribution in [-0.4, -0.2) is 49.5 Å². The summed E-state index contributed by atoms with van der Waals surface area (Å²) in [4.78, 5) is 13.6. The molecule has 3 rings (SSSR count). The molecule has 0 aromatic heterocycles. The Balaban J connectivity index is 1.71. The molecule has 0 bridgehead atoms. The van der Waals surface area contributed by atoms with Gasteiger partial charge in [-0.15, -0.1) is 0 Å². The average molecular weight is 406 g/mol. The van der Waals surface area contributed by atoms with Gasteiger partial charge in [0.25, 0.3) is 11.8 Å². The van der Waals surface area contributed by atoms with E-state index in [0.29, 0.717) is 31.5 Å². The molecule has 2 heterocycles. The third-order valence-corrected chi connectivity index (χ3v) is 5.31. The summed E-state index contributed by atoms with van der Waals surface area (Å²) in [6.45, 7) is 0.907. The van der Waals surface area contributed by atoms with Crippen LogP contribution in [0.1, 0.15) is 42.7 Å². The van der Waals surface area contributed by atoms with Crippen LogP contribution in [0.3, 0.4) is 0 Å². The normalized spacial score (nSPS) is 20.8. The monoisotopic (exact) mass is 406 g/mol. The Hall–Kier alpha value is -1.90. The number of halogens is 5. The number of likely N-dealkylation sites (tertiary alicyclic amines) is 1. The molecule has 0 saturated carbocycles. The first-order valence-corrected chi connectivity index (χ1v) is 9.36. The SMILES string of the molecule is O=C(COc1ccc(C(F)(F)F)cc1C1CCNCC1)N1CCC(F)(F)CC1. The van der Waals surface area contributed by atoms with Crippen LogP contribution >= 0.6 is 0 Å². The maximum atomic E-state index is 13.2. The summed E-state index contributed by atoms with van der Waals surface area (Å²) in [5, 5.41) is 3.16. The van der Waals surface area contributed by atoms with E-state index in [9.17, 15) is 26.7 Å². The number of alkyl halides is 5. The minimum Gasteiger partial charge on any atom is -0.483 e. The second-order valence-electron chi connectivity index (χ2n) is 7.30. The van der Waals surface area contributed by atoms with Gasteiger partial charge in [0.15, 0.2) is 6.61 Å². The molecule has 1 N–H and O–H groups in total. The van der Waals surface area contributed by atoms with Crippen molar-refractivity contribution < 1.29 is 31.5 Å². The van der Waals surface area contributed by atoms with Crippen LogP contribution in [0.4, 0.5) is 22.0 Å². The highest BCUT2D eigenvalue weighted by Crippen LogP contribution is 2.38. The highest BCUT2D eigenvalue weighted by Gasteiger charge is 2.36. The van der Waals surface area contributed by atoms with E-state index in [1.807, 2.05) is 0 Å².